The number of fused-ring (bicyclic) bond motifs is 3. The topological polar surface area (TPSA) is 127 Å². The lowest BCUT2D eigenvalue weighted by Gasteiger charge is -2.39. The number of imidazole rings is 1. The fourth-order valence-electron chi connectivity index (χ4n) is 5.22. The number of aryl methyl sites for hydroxylation is 1. The van der Waals surface area contributed by atoms with E-state index in [0.717, 1.165) is 22.2 Å². The normalized spacial score (nSPS) is 19.0. The Kier molecular flexibility index (Phi) is 6.71. The van der Waals surface area contributed by atoms with E-state index in [0.29, 0.717) is 60.7 Å². The zero-order valence-corrected chi connectivity index (χ0v) is 22.0. The summed E-state index contributed by atoms with van der Waals surface area (Å²) in [5.41, 5.74) is 3.77. The maximum absolute atomic E-state index is 13.8. The fourth-order valence-corrected chi connectivity index (χ4v) is 5.22. The lowest BCUT2D eigenvalue weighted by Crippen LogP contribution is -2.53. The maximum atomic E-state index is 13.8. The smallest absolute Gasteiger partial charge is 0.245 e. The van der Waals surface area contributed by atoms with Crippen LogP contribution in [0.1, 0.15) is 47.5 Å². The van der Waals surface area contributed by atoms with E-state index in [1.165, 1.54) is 6.07 Å². The second-order valence-corrected chi connectivity index (χ2v) is 9.66. The first-order valence-corrected chi connectivity index (χ1v) is 13.0. The highest BCUT2D eigenvalue weighted by Crippen LogP contribution is 2.42. The number of methoxy groups -OCH3 is 1. The third-order valence-corrected chi connectivity index (χ3v) is 7.17. The predicted octanol–water partition coefficient (Wildman–Crippen LogP) is 4.14. The van der Waals surface area contributed by atoms with Gasteiger partial charge in [-0.3, -0.25) is 5.32 Å². The molecule has 0 radical (unpaired) electrons. The van der Waals surface area contributed by atoms with Gasteiger partial charge < -0.3 is 23.9 Å². The third-order valence-electron chi connectivity index (χ3n) is 7.17. The minimum absolute atomic E-state index is 0.248. The molecule has 202 valence electrons. The Morgan fingerprint density at radius 3 is 2.85 bits per heavy atom. The predicted molar refractivity (Wildman–Crippen MR) is 142 cm³/mol. The molecule has 0 saturated carbocycles. The van der Waals surface area contributed by atoms with E-state index in [-0.39, 0.29) is 18.5 Å². The lowest BCUT2D eigenvalue weighted by atomic mass is 9.83. The van der Waals surface area contributed by atoms with Gasteiger partial charge in [-0.05, 0) is 44.0 Å². The van der Waals surface area contributed by atoms with Crippen molar-refractivity contribution >= 4 is 10.9 Å². The number of pyridine rings is 1. The van der Waals surface area contributed by atoms with Gasteiger partial charge in [0.25, 0.3) is 0 Å². The van der Waals surface area contributed by atoms with E-state index in [4.69, 9.17) is 18.9 Å². The quantitative estimate of drug-likeness (QED) is 0.259. The number of hydrogen-bond acceptors (Lipinski definition) is 8. The standard InChI is InChI=1S/C28H30FN7O3/c1-4-38-15-28(27-36-35-24(39-27)11-12-37-3)25-18(17-7-5-6-8-20(17)32-25)13-22(34-28)26-30-14-23(33-26)21-10-9-19(29)16(2)31-21/h5-10,14,22,32,34H,4,11-13,15H2,1-3H3,(H,30,33). The van der Waals surface area contributed by atoms with Crippen LogP contribution in [0.3, 0.4) is 0 Å². The highest BCUT2D eigenvalue weighted by atomic mass is 19.1. The number of nitrogens with one attached hydrogen (secondary N) is 3. The van der Waals surface area contributed by atoms with Crippen LogP contribution in [0.25, 0.3) is 22.3 Å². The van der Waals surface area contributed by atoms with Crippen LogP contribution in [-0.4, -0.2) is 57.1 Å². The third kappa shape index (κ3) is 4.52. The fraction of sp³-hybridized carbons (Fsp3) is 0.357. The summed E-state index contributed by atoms with van der Waals surface area (Å²) < 4.78 is 31.3. The van der Waals surface area contributed by atoms with Crippen LogP contribution >= 0.6 is 0 Å². The molecule has 10 nitrogen and oxygen atoms in total. The minimum atomic E-state index is -0.955. The molecule has 2 unspecified atom stereocenters. The number of halogens is 1. The highest BCUT2D eigenvalue weighted by molar-refractivity contribution is 5.85. The molecule has 1 aliphatic heterocycles. The van der Waals surface area contributed by atoms with Gasteiger partial charge in [-0.15, -0.1) is 10.2 Å². The van der Waals surface area contributed by atoms with Crippen LogP contribution in [0.2, 0.25) is 0 Å². The van der Waals surface area contributed by atoms with Crippen LogP contribution in [0, 0.1) is 12.7 Å². The number of benzene rings is 1. The zero-order valence-electron chi connectivity index (χ0n) is 22.0. The van der Waals surface area contributed by atoms with Crippen molar-refractivity contribution in [1.29, 1.82) is 0 Å². The summed E-state index contributed by atoms with van der Waals surface area (Å²) in [6.45, 7) is 4.84. The number of hydrogen-bond donors (Lipinski definition) is 3. The number of aromatic amines is 2. The first-order valence-electron chi connectivity index (χ1n) is 13.0. The Bertz CT molecular complexity index is 1610. The van der Waals surface area contributed by atoms with Gasteiger partial charge in [-0.2, -0.15) is 0 Å². The molecule has 3 N–H and O–H groups in total. The van der Waals surface area contributed by atoms with Crippen LogP contribution < -0.4 is 5.32 Å². The van der Waals surface area contributed by atoms with Crippen LogP contribution in [0.5, 0.6) is 0 Å². The molecule has 0 bridgehead atoms. The Balaban J connectivity index is 1.46. The van der Waals surface area contributed by atoms with E-state index in [1.807, 2.05) is 19.1 Å². The van der Waals surface area contributed by atoms with Crippen molar-refractivity contribution in [2.75, 3.05) is 26.9 Å². The Morgan fingerprint density at radius 2 is 2.03 bits per heavy atom. The first kappa shape index (κ1) is 25.4. The average molecular weight is 532 g/mol. The number of ether oxygens (including phenoxy) is 2. The molecule has 0 aliphatic carbocycles. The molecule has 5 aromatic rings. The van der Waals surface area contributed by atoms with Crippen molar-refractivity contribution < 1.29 is 18.3 Å². The molecule has 0 amide bonds. The Labute approximate surface area is 224 Å². The SMILES string of the molecule is CCOCC1(c2nnc(CCOC)o2)NC(c2ncc(-c3ccc(F)c(C)n3)[nH]2)Cc2c1[nH]c1ccccc21. The molecule has 11 heteroatoms. The largest absolute Gasteiger partial charge is 0.423 e. The molecule has 0 saturated heterocycles. The Hall–Kier alpha value is -3.93. The van der Waals surface area contributed by atoms with Gasteiger partial charge in [-0.1, -0.05) is 18.2 Å². The molecule has 1 aromatic carbocycles. The van der Waals surface area contributed by atoms with Crippen molar-refractivity contribution in [1.82, 2.24) is 35.5 Å². The minimum Gasteiger partial charge on any atom is -0.423 e. The maximum Gasteiger partial charge on any atom is 0.245 e. The van der Waals surface area contributed by atoms with Crippen LogP contribution in [0.4, 0.5) is 4.39 Å². The van der Waals surface area contributed by atoms with E-state index >= 15 is 0 Å². The van der Waals surface area contributed by atoms with E-state index in [2.05, 4.69) is 42.6 Å². The molecule has 0 fully saturated rings. The molecule has 4 aromatic heterocycles. The summed E-state index contributed by atoms with van der Waals surface area (Å²) in [6.07, 6.45) is 2.88. The lowest BCUT2D eigenvalue weighted by molar-refractivity contribution is 0.0653. The second-order valence-electron chi connectivity index (χ2n) is 9.66. The van der Waals surface area contributed by atoms with Crippen molar-refractivity contribution in [2.45, 2.75) is 38.3 Å². The van der Waals surface area contributed by atoms with Gasteiger partial charge in [0.15, 0.2) is 5.54 Å². The molecule has 5 heterocycles. The number of H-pyrrole nitrogens is 2. The number of rotatable bonds is 9. The van der Waals surface area contributed by atoms with E-state index < -0.39 is 5.54 Å². The van der Waals surface area contributed by atoms with Crippen molar-refractivity contribution in [3.63, 3.8) is 0 Å². The zero-order chi connectivity index (χ0) is 27.0. The molecule has 1 aliphatic rings. The monoisotopic (exact) mass is 531 g/mol. The molecule has 0 spiro atoms. The molecule has 6 rings (SSSR count). The van der Waals surface area contributed by atoms with Crippen LogP contribution in [0.15, 0.2) is 47.0 Å². The summed E-state index contributed by atoms with van der Waals surface area (Å²) in [6, 6.07) is 11.0. The average Bonchev–Trinajstić information content (AvgIpc) is 3.71. The van der Waals surface area contributed by atoms with Gasteiger partial charge in [-0.25, -0.2) is 14.4 Å². The van der Waals surface area contributed by atoms with Gasteiger partial charge >= 0.3 is 0 Å². The number of para-hydroxylation sites is 1. The summed E-state index contributed by atoms with van der Waals surface area (Å²) in [7, 11) is 1.64. The summed E-state index contributed by atoms with van der Waals surface area (Å²) >= 11 is 0. The van der Waals surface area contributed by atoms with Gasteiger partial charge in [0.2, 0.25) is 11.8 Å². The molecule has 39 heavy (non-hydrogen) atoms. The van der Waals surface area contributed by atoms with Crippen molar-refractivity contribution in [2.24, 2.45) is 0 Å². The summed E-state index contributed by atoms with van der Waals surface area (Å²) in [4.78, 5) is 16.1. The van der Waals surface area contributed by atoms with E-state index in [9.17, 15) is 4.39 Å². The van der Waals surface area contributed by atoms with Gasteiger partial charge in [0.05, 0.1) is 48.2 Å². The second kappa shape index (κ2) is 10.3. The summed E-state index contributed by atoms with van der Waals surface area (Å²) in [5.74, 6) is 1.26. The molecule has 2 atom stereocenters. The molecular weight excluding hydrogens is 501 g/mol. The number of nitrogens with zero attached hydrogens (tertiary/aromatic N) is 4. The Morgan fingerprint density at radius 1 is 1.15 bits per heavy atom. The van der Waals surface area contributed by atoms with Gasteiger partial charge in [0, 0.05) is 31.0 Å². The highest BCUT2D eigenvalue weighted by Gasteiger charge is 2.49. The van der Waals surface area contributed by atoms with E-state index in [1.54, 1.807) is 26.3 Å². The van der Waals surface area contributed by atoms with Crippen LogP contribution in [-0.2, 0) is 27.9 Å². The first-order chi connectivity index (χ1) is 19.0. The summed E-state index contributed by atoms with van der Waals surface area (Å²) in [5, 5.41) is 13.6. The van der Waals surface area contributed by atoms with Crippen molar-refractivity contribution in [3.8, 4) is 11.4 Å². The number of aromatic nitrogens is 6. The van der Waals surface area contributed by atoms with Gasteiger partial charge in [0.1, 0.15) is 11.6 Å². The molecular formula is C28H30FN7O3. The van der Waals surface area contributed by atoms with Crippen molar-refractivity contribution in [3.05, 3.63) is 83.0 Å².